The van der Waals surface area contributed by atoms with E-state index in [1.54, 1.807) is 12.1 Å². The van der Waals surface area contributed by atoms with Crippen LogP contribution in [-0.2, 0) is 27.7 Å². The third-order valence-corrected chi connectivity index (χ3v) is 8.63. The number of phosphoric ester groups is 1. The number of nitrogens with two attached hydrogens (primary N) is 1. The van der Waals surface area contributed by atoms with Gasteiger partial charge in [-0.3, -0.25) is 14.6 Å². The van der Waals surface area contributed by atoms with Gasteiger partial charge in [-0.15, -0.1) is 0 Å². The molecule has 0 aliphatic rings. The number of rotatable bonds is 11. The van der Waals surface area contributed by atoms with Crippen LogP contribution in [0, 0.1) is 0 Å². The number of benzene rings is 2. The highest BCUT2D eigenvalue weighted by molar-refractivity contribution is 7.46. The molecule has 0 aliphatic heterocycles. The Balaban J connectivity index is 0.00000259. The third kappa shape index (κ3) is 7.17. The van der Waals surface area contributed by atoms with E-state index in [1.165, 1.54) is 6.07 Å². The lowest BCUT2D eigenvalue weighted by Crippen LogP contribution is -2.55. The molecule has 0 spiro atoms. The van der Waals surface area contributed by atoms with Crippen LogP contribution in [0.5, 0.6) is 11.5 Å². The highest BCUT2D eigenvalue weighted by Gasteiger charge is 2.39. The standard InChI is InChI=1S/C30H40N5O6P.C2H6/c1-7-9-13-23-33-25-26(35(23)17-18-11-10-12-22(36)27(18)41-42(38,39)40)20-15-14-19(16-21(20)32-28(25)31)29(3,4)30(5,6)34-24(37)8-2;1-2/h10-12,14-16,36H,7-9,13,17H2,1-6H3,(H2,31,32)(H,34,37)(H2,38,39,40);1-2H3. The number of para-hydroxylation sites is 1. The van der Waals surface area contributed by atoms with E-state index in [0.29, 0.717) is 29.4 Å². The van der Waals surface area contributed by atoms with Crippen LogP contribution in [0.15, 0.2) is 36.4 Å². The second kappa shape index (κ2) is 13.5. The molecule has 2 aromatic heterocycles. The predicted molar refractivity (Wildman–Crippen MR) is 175 cm³/mol. The van der Waals surface area contributed by atoms with Crippen LogP contribution in [0.1, 0.15) is 91.6 Å². The number of aromatic hydroxyl groups is 1. The molecule has 2 heterocycles. The summed E-state index contributed by atoms with van der Waals surface area (Å²) in [6.45, 7) is 16.2. The number of phenolic OH excluding ortho intramolecular Hbond substituents is 1. The van der Waals surface area contributed by atoms with Crippen molar-refractivity contribution in [1.29, 1.82) is 0 Å². The van der Waals surface area contributed by atoms with Gasteiger partial charge in [-0.1, -0.05) is 72.2 Å². The van der Waals surface area contributed by atoms with Crippen molar-refractivity contribution in [3.63, 3.8) is 0 Å². The summed E-state index contributed by atoms with van der Waals surface area (Å²) in [5.41, 5.74) is 8.66. The van der Waals surface area contributed by atoms with E-state index in [4.69, 9.17) is 20.2 Å². The second-order valence-electron chi connectivity index (χ2n) is 11.6. The molecule has 0 atom stereocenters. The van der Waals surface area contributed by atoms with Gasteiger partial charge in [-0.2, -0.15) is 0 Å². The Kier molecular flexibility index (Phi) is 10.7. The van der Waals surface area contributed by atoms with Crippen molar-refractivity contribution in [2.75, 3.05) is 5.73 Å². The molecule has 0 fully saturated rings. The van der Waals surface area contributed by atoms with E-state index >= 15 is 0 Å². The number of fused-ring (bicyclic) bond motifs is 3. The molecule has 4 rings (SSSR count). The number of nitrogens with one attached hydrogen (secondary N) is 1. The van der Waals surface area contributed by atoms with Crippen molar-refractivity contribution in [2.24, 2.45) is 0 Å². The molecule has 12 heteroatoms. The van der Waals surface area contributed by atoms with Gasteiger partial charge in [0.1, 0.15) is 11.3 Å². The van der Waals surface area contributed by atoms with Crippen molar-refractivity contribution in [3.05, 3.63) is 53.3 Å². The summed E-state index contributed by atoms with van der Waals surface area (Å²) in [5.74, 6) is 0.277. The predicted octanol–water partition coefficient (Wildman–Crippen LogP) is 6.34. The molecule has 0 saturated heterocycles. The quantitative estimate of drug-likeness (QED) is 0.119. The van der Waals surface area contributed by atoms with Crippen LogP contribution in [0.4, 0.5) is 5.82 Å². The first kappa shape index (κ1) is 34.8. The van der Waals surface area contributed by atoms with Crippen LogP contribution in [-0.4, -0.2) is 40.9 Å². The molecule has 0 radical (unpaired) electrons. The Morgan fingerprint density at radius 1 is 1.09 bits per heavy atom. The molecule has 4 aromatic rings. The Morgan fingerprint density at radius 2 is 1.77 bits per heavy atom. The van der Waals surface area contributed by atoms with Crippen molar-refractivity contribution in [1.82, 2.24) is 19.9 Å². The second-order valence-corrected chi connectivity index (χ2v) is 12.8. The molecule has 0 unspecified atom stereocenters. The van der Waals surface area contributed by atoms with Gasteiger partial charge in [0.05, 0.1) is 17.6 Å². The van der Waals surface area contributed by atoms with Crippen LogP contribution >= 0.6 is 7.82 Å². The molecule has 0 saturated carbocycles. The number of aryl methyl sites for hydroxylation is 1. The lowest BCUT2D eigenvalue weighted by molar-refractivity contribution is -0.123. The van der Waals surface area contributed by atoms with Gasteiger partial charge in [0.15, 0.2) is 17.3 Å². The maximum atomic E-state index is 12.3. The number of nitrogen functional groups attached to an aromatic ring is 1. The first-order chi connectivity index (χ1) is 20.6. The van der Waals surface area contributed by atoms with E-state index in [9.17, 15) is 24.3 Å². The monoisotopic (exact) mass is 627 g/mol. The van der Waals surface area contributed by atoms with E-state index in [2.05, 4.69) is 26.1 Å². The third-order valence-electron chi connectivity index (χ3n) is 8.21. The van der Waals surface area contributed by atoms with Crippen molar-refractivity contribution in [2.45, 2.75) is 98.6 Å². The minimum absolute atomic E-state index is 0.0319. The summed E-state index contributed by atoms with van der Waals surface area (Å²) in [6, 6.07) is 10.5. The van der Waals surface area contributed by atoms with E-state index in [1.807, 2.05) is 57.4 Å². The number of amides is 1. The topological polar surface area (TPSA) is 173 Å². The molecular weight excluding hydrogens is 581 g/mol. The lowest BCUT2D eigenvalue weighted by Gasteiger charge is -2.43. The van der Waals surface area contributed by atoms with Gasteiger partial charge in [0.25, 0.3) is 0 Å². The molecular formula is C32H46N5O6P. The summed E-state index contributed by atoms with van der Waals surface area (Å²) in [6.07, 6.45) is 2.81. The summed E-state index contributed by atoms with van der Waals surface area (Å²) in [5, 5.41) is 14.3. The number of unbranched alkanes of at least 4 members (excludes halogenated alkanes) is 1. The Labute approximate surface area is 259 Å². The number of hydrogen-bond acceptors (Lipinski definition) is 7. The molecule has 1 amide bonds. The smallest absolute Gasteiger partial charge is 0.504 e. The highest BCUT2D eigenvalue weighted by Crippen LogP contribution is 2.44. The van der Waals surface area contributed by atoms with E-state index in [-0.39, 0.29) is 29.8 Å². The Hall–Kier alpha value is -3.66. The van der Waals surface area contributed by atoms with Crippen LogP contribution in [0.2, 0.25) is 0 Å². The zero-order chi connectivity index (χ0) is 33.0. The van der Waals surface area contributed by atoms with Crippen LogP contribution in [0.25, 0.3) is 21.9 Å². The SMILES string of the molecule is CC.CCCCc1nc2c(N)nc3cc(C(C)(C)C(C)(C)NC(=O)CC)ccc3c2n1Cc1cccc(O)c1OP(=O)(O)O. The molecule has 0 bridgehead atoms. The van der Waals surface area contributed by atoms with Gasteiger partial charge >= 0.3 is 7.82 Å². The summed E-state index contributed by atoms with van der Waals surface area (Å²) in [4.78, 5) is 40.8. The fourth-order valence-corrected chi connectivity index (χ4v) is 5.54. The minimum Gasteiger partial charge on any atom is -0.504 e. The number of phenols is 1. The zero-order valence-corrected chi connectivity index (χ0v) is 27.8. The minimum atomic E-state index is -4.94. The van der Waals surface area contributed by atoms with Gasteiger partial charge < -0.3 is 25.2 Å². The van der Waals surface area contributed by atoms with Crippen LogP contribution in [0.3, 0.4) is 0 Å². The molecule has 6 N–H and O–H groups in total. The van der Waals surface area contributed by atoms with E-state index < -0.39 is 18.8 Å². The maximum absolute atomic E-state index is 12.3. The van der Waals surface area contributed by atoms with Gasteiger partial charge in [0, 0.05) is 34.7 Å². The van der Waals surface area contributed by atoms with Crippen molar-refractivity contribution < 1.29 is 28.8 Å². The number of phosphoric acid groups is 1. The van der Waals surface area contributed by atoms with Gasteiger partial charge in [-0.05, 0) is 38.0 Å². The average Bonchev–Trinajstić information content (AvgIpc) is 3.32. The van der Waals surface area contributed by atoms with Crippen molar-refractivity contribution >= 4 is 41.5 Å². The molecule has 2 aromatic carbocycles. The summed E-state index contributed by atoms with van der Waals surface area (Å²) < 4.78 is 18.5. The highest BCUT2D eigenvalue weighted by atomic mass is 31.2. The van der Waals surface area contributed by atoms with E-state index in [0.717, 1.165) is 35.1 Å². The molecule has 11 nitrogen and oxygen atoms in total. The summed E-state index contributed by atoms with van der Waals surface area (Å²) in [7, 11) is -4.94. The number of carbonyl (C=O) groups is 1. The fraction of sp³-hybridized carbons (Fsp3) is 0.469. The molecule has 44 heavy (non-hydrogen) atoms. The number of nitrogens with zero attached hydrogens (tertiary/aromatic N) is 3. The first-order valence-corrected chi connectivity index (χ1v) is 16.6. The Morgan fingerprint density at radius 3 is 2.39 bits per heavy atom. The number of imidazole rings is 1. The molecule has 240 valence electrons. The van der Waals surface area contributed by atoms with Crippen molar-refractivity contribution in [3.8, 4) is 11.5 Å². The van der Waals surface area contributed by atoms with Gasteiger partial charge in [0.2, 0.25) is 5.91 Å². The van der Waals surface area contributed by atoms with Gasteiger partial charge in [-0.25, -0.2) is 14.5 Å². The molecule has 0 aliphatic carbocycles. The summed E-state index contributed by atoms with van der Waals surface area (Å²) >= 11 is 0. The largest absolute Gasteiger partial charge is 0.524 e. The first-order valence-electron chi connectivity index (χ1n) is 15.1. The average molecular weight is 628 g/mol. The fourth-order valence-electron chi connectivity index (χ4n) is 5.09. The number of carbonyl (C=O) groups excluding carboxylic acids is 1. The number of pyridine rings is 1. The lowest BCUT2D eigenvalue weighted by atomic mass is 9.69. The van der Waals surface area contributed by atoms with Crippen LogP contribution < -0.4 is 15.6 Å². The normalized spacial score (nSPS) is 12.2. The maximum Gasteiger partial charge on any atom is 0.524 e. The zero-order valence-electron chi connectivity index (χ0n) is 26.9. The number of hydrogen-bond donors (Lipinski definition) is 5. The number of anilines is 1. The number of aromatic nitrogens is 3. The Bertz CT molecular complexity index is 1690.